The highest BCUT2D eigenvalue weighted by molar-refractivity contribution is 4.92. The van der Waals surface area contributed by atoms with E-state index >= 15 is 0 Å². The fraction of sp³-hybridized carbons (Fsp3) is 0.818. The van der Waals surface area contributed by atoms with Gasteiger partial charge in [0.25, 0.3) is 0 Å². The zero-order valence-corrected chi connectivity index (χ0v) is 8.13. The molecular weight excluding hydrogens is 146 g/mol. The summed E-state index contributed by atoms with van der Waals surface area (Å²) in [5.41, 5.74) is 5.53. The van der Waals surface area contributed by atoms with E-state index in [0.717, 1.165) is 5.92 Å². The first-order chi connectivity index (χ1) is 5.79. The second-order valence-corrected chi connectivity index (χ2v) is 4.09. The second kappa shape index (κ2) is 5.36. The highest BCUT2D eigenvalue weighted by Crippen LogP contribution is 2.15. The zero-order chi connectivity index (χ0) is 8.81. The van der Waals surface area contributed by atoms with Crippen LogP contribution in [0.1, 0.15) is 45.4 Å². The average Bonchev–Trinajstić information content (AvgIpc) is 2.63. The number of rotatable bonds is 0. The molecule has 12 heavy (non-hydrogen) atoms. The molecule has 0 aliphatic heterocycles. The Labute approximate surface area is 76.0 Å². The summed E-state index contributed by atoms with van der Waals surface area (Å²) in [7, 11) is 0. The Morgan fingerprint density at radius 1 is 1.08 bits per heavy atom. The summed E-state index contributed by atoms with van der Waals surface area (Å²) in [5, 5.41) is 0. The first-order valence-corrected chi connectivity index (χ1v) is 5.19. The van der Waals surface area contributed by atoms with Crippen LogP contribution in [0, 0.1) is 5.92 Å². The monoisotopic (exact) mass is 167 g/mol. The van der Waals surface area contributed by atoms with Gasteiger partial charge in [-0.05, 0) is 31.6 Å². The van der Waals surface area contributed by atoms with Crippen LogP contribution < -0.4 is 5.73 Å². The van der Waals surface area contributed by atoms with E-state index in [1.54, 1.807) is 0 Å². The van der Waals surface area contributed by atoms with Crippen LogP contribution >= 0.6 is 0 Å². The van der Waals surface area contributed by atoms with Crippen molar-refractivity contribution in [2.24, 2.45) is 11.7 Å². The van der Waals surface area contributed by atoms with Gasteiger partial charge in [-0.15, -0.1) is 0 Å². The Balaban J connectivity index is 0.000000120. The molecule has 0 saturated heterocycles. The lowest BCUT2D eigenvalue weighted by Crippen LogP contribution is -2.13. The molecule has 0 aromatic heterocycles. The topological polar surface area (TPSA) is 26.0 Å². The highest BCUT2D eigenvalue weighted by Gasteiger charge is 2.07. The summed E-state index contributed by atoms with van der Waals surface area (Å²) in [4.78, 5) is 0. The quantitative estimate of drug-likeness (QED) is 0.552. The van der Waals surface area contributed by atoms with Crippen LogP contribution in [0.15, 0.2) is 12.2 Å². The minimum absolute atomic E-state index is 0.546. The van der Waals surface area contributed by atoms with E-state index in [-0.39, 0.29) is 0 Å². The molecule has 0 amide bonds. The molecule has 1 heteroatoms. The third-order valence-corrected chi connectivity index (χ3v) is 2.64. The average molecular weight is 167 g/mol. The van der Waals surface area contributed by atoms with Gasteiger partial charge in [-0.3, -0.25) is 0 Å². The summed E-state index contributed by atoms with van der Waals surface area (Å²) in [5.74, 6) is 0.935. The minimum atomic E-state index is 0.546. The van der Waals surface area contributed by atoms with E-state index in [0.29, 0.717) is 6.04 Å². The predicted octanol–water partition coefficient (Wildman–Crippen LogP) is 2.86. The molecule has 1 fully saturated rings. The van der Waals surface area contributed by atoms with Crippen molar-refractivity contribution >= 4 is 0 Å². The fourth-order valence-corrected chi connectivity index (χ4v) is 1.71. The van der Waals surface area contributed by atoms with Gasteiger partial charge >= 0.3 is 0 Å². The lowest BCUT2D eigenvalue weighted by atomic mass is 10.1. The van der Waals surface area contributed by atoms with E-state index in [2.05, 4.69) is 19.1 Å². The van der Waals surface area contributed by atoms with Crippen LogP contribution in [0.4, 0.5) is 0 Å². The maximum atomic E-state index is 5.53. The molecule has 0 radical (unpaired) electrons. The maximum Gasteiger partial charge on any atom is 0.00388 e. The molecule has 0 heterocycles. The Hall–Kier alpha value is -0.300. The highest BCUT2D eigenvalue weighted by atomic mass is 14.6. The SMILES string of the molecule is CC1CC=CC1.NC1CCCC1. The normalized spacial score (nSPS) is 24.2. The molecule has 1 nitrogen and oxygen atoms in total. The van der Waals surface area contributed by atoms with E-state index in [4.69, 9.17) is 5.73 Å². The zero-order valence-electron chi connectivity index (χ0n) is 8.13. The van der Waals surface area contributed by atoms with Gasteiger partial charge in [0.15, 0.2) is 0 Å². The molecule has 0 aromatic carbocycles. The lowest BCUT2D eigenvalue weighted by Gasteiger charge is -1.92. The van der Waals surface area contributed by atoms with E-state index in [1.165, 1.54) is 38.5 Å². The standard InChI is InChI=1S/C6H10.C5H11N/c1-6-4-2-3-5-6;6-5-3-1-2-4-5/h2-3,6H,4-5H2,1H3;5H,1-4,6H2. The molecule has 2 aliphatic carbocycles. The van der Waals surface area contributed by atoms with Crippen molar-refractivity contribution in [1.29, 1.82) is 0 Å². The van der Waals surface area contributed by atoms with Crippen LogP contribution in [0.2, 0.25) is 0 Å². The second-order valence-electron chi connectivity index (χ2n) is 4.09. The van der Waals surface area contributed by atoms with Gasteiger partial charge in [0, 0.05) is 6.04 Å². The van der Waals surface area contributed by atoms with Gasteiger partial charge in [-0.2, -0.15) is 0 Å². The van der Waals surface area contributed by atoms with Gasteiger partial charge in [0.2, 0.25) is 0 Å². The summed E-state index contributed by atoms with van der Waals surface area (Å²) in [6, 6.07) is 0.546. The Morgan fingerprint density at radius 3 is 1.75 bits per heavy atom. The Kier molecular flexibility index (Phi) is 4.37. The number of nitrogens with two attached hydrogens (primary N) is 1. The first kappa shape index (κ1) is 9.79. The molecule has 1 saturated carbocycles. The summed E-state index contributed by atoms with van der Waals surface area (Å²) < 4.78 is 0. The molecule has 0 unspecified atom stereocenters. The Bertz CT molecular complexity index is 126. The third-order valence-electron chi connectivity index (χ3n) is 2.64. The number of hydrogen-bond donors (Lipinski definition) is 1. The van der Waals surface area contributed by atoms with Crippen molar-refractivity contribution < 1.29 is 0 Å². The van der Waals surface area contributed by atoms with Crippen LogP contribution in [-0.2, 0) is 0 Å². The first-order valence-electron chi connectivity index (χ1n) is 5.19. The largest absolute Gasteiger partial charge is 0.328 e. The molecule has 2 aliphatic rings. The molecule has 70 valence electrons. The maximum absolute atomic E-state index is 5.53. The van der Waals surface area contributed by atoms with Crippen LogP contribution in [-0.4, -0.2) is 6.04 Å². The van der Waals surface area contributed by atoms with Gasteiger partial charge in [0.1, 0.15) is 0 Å². The minimum Gasteiger partial charge on any atom is -0.328 e. The van der Waals surface area contributed by atoms with Crippen molar-refractivity contribution in [3.8, 4) is 0 Å². The van der Waals surface area contributed by atoms with E-state index in [1.807, 2.05) is 0 Å². The molecule has 2 N–H and O–H groups in total. The summed E-state index contributed by atoms with van der Waals surface area (Å²) >= 11 is 0. The smallest absolute Gasteiger partial charge is 0.00388 e. The van der Waals surface area contributed by atoms with Crippen LogP contribution in [0.3, 0.4) is 0 Å². The molecular formula is C11H21N. The molecule has 2 rings (SSSR count). The van der Waals surface area contributed by atoms with Gasteiger partial charge < -0.3 is 5.73 Å². The molecule has 0 atom stereocenters. The van der Waals surface area contributed by atoms with Crippen molar-refractivity contribution in [3.05, 3.63) is 12.2 Å². The summed E-state index contributed by atoms with van der Waals surface area (Å²) in [6.45, 7) is 2.28. The van der Waals surface area contributed by atoms with Gasteiger partial charge in [0.05, 0.1) is 0 Å². The van der Waals surface area contributed by atoms with Crippen LogP contribution in [0.5, 0.6) is 0 Å². The van der Waals surface area contributed by atoms with E-state index < -0.39 is 0 Å². The molecule has 0 spiro atoms. The van der Waals surface area contributed by atoms with Gasteiger partial charge in [-0.25, -0.2) is 0 Å². The van der Waals surface area contributed by atoms with Crippen molar-refractivity contribution in [1.82, 2.24) is 0 Å². The molecule has 0 aromatic rings. The fourth-order valence-electron chi connectivity index (χ4n) is 1.71. The van der Waals surface area contributed by atoms with Crippen LogP contribution in [0.25, 0.3) is 0 Å². The van der Waals surface area contributed by atoms with Crippen molar-refractivity contribution in [2.75, 3.05) is 0 Å². The van der Waals surface area contributed by atoms with Crippen molar-refractivity contribution in [2.45, 2.75) is 51.5 Å². The lowest BCUT2D eigenvalue weighted by molar-refractivity contribution is 0.638. The van der Waals surface area contributed by atoms with Gasteiger partial charge in [-0.1, -0.05) is 31.9 Å². The number of hydrogen-bond acceptors (Lipinski definition) is 1. The van der Waals surface area contributed by atoms with E-state index in [9.17, 15) is 0 Å². The summed E-state index contributed by atoms with van der Waals surface area (Å²) in [6.07, 6.45) is 12.4. The third kappa shape index (κ3) is 3.91. The predicted molar refractivity (Wildman–Crippen MR) is 54.0 cm³/mol. The molecule has 0 bridgehead atoms. The Morgan fingerprint density at radius 2 is 1.58 bits per heavy atom. The van der Waals surface area contributed by atoms with Crippen molar-refractivity contribution in [3.63, 3.8) is 0 Å². The number of allylic oxidation sites excluding steroid dienone is 2.